The van der Waals surface area contributed by atoms with Crippen LogP contribution in [-0.2, 0) is 36.5 Å². The molecule has 0 aliphatic carbocycles. The minimum Gasteiger partial charge on any atom is -0.370 e. The number of rotatable bonds is 10. The van der Waals surface area contributed by atoms with Crippen LogP contribution in [0.2, 0.25) is 0 Å². The zero-order chi connectivity index (χ0) is 31.7. The Morgan fingerprint density at radius 2 is 0.667 bits per heavy atom. The van der Waals surface area contributed by atoms with Crippen molar-refractivity contribution in [3.8, 4) is 0 Å². The molecule has 4 saturated heterocycles. The Labute approximate surface area is 260 Å². The second-order valence-corrected chi connectivity index (χ2v) is 12.1. The lowest BCUT2D eigenvalue weighted by Gasteiger charge is -2.16. The van der Waals surface area contributed by atoms with Gasteiger partial charge in [-0.25, -0.2) is 0 Å². The maximum absolute atomic E-state index is 5.68. The summed E-state index contributed by atoms with van der Waals surface area (Å²) in [6, 6.07) is 8.63. The summed E-state index contributed by atoms with van der Waals surface area (Å²) in [6.45, 7) is 25.6. The maximum Gasteiger partial charge on any atom is 0.163 e. The molecule has 0 amide bonds. The van der Waals surface area contributed by atoms with Gasteiger partial charge < -0.3 is 23.7 Å². The van der Waals surface area contributed by atoms with Crippen molar-refractivity contribution in [2.45, 2.75) is 202 Å². The number of hydrogen-bond donors (Lipinski definition) is 0. The van der Waals surface area contributed by atoms with Crippen LogP contribution in [0.15, 0.2) is 24.3 Å². The summed E-state index contributed by atoms with van der Waals surface area (Å²) in [6.07, 6.45) is 15.9. The molecule has 5 rings (SSSR count). The third-order valence-corrected chi connectivity index (χ3v) is 8.45. The molecule has 4 heterocycles. The van der Waals surface area contributed by atoms with E-state index in [0.29, 0.717) is 48.8 Å². The number of epoxide rings is 3. The minimum absolute atomic E-state index is 0.301. The molecule has 5 nitrogen and oxygen atoms in total. The Kier molecular flexibility index (Phi) is 19.4. The normalized spacial score (nSPS) is 31.0. The zero-order valence-electron chi connectivity index (χ0n) is 29.5. The highest BCUT2D eigenvalue weighted by atomic mass is 16.7. The van der Waals surface area contributed by atoms with Crippen LogP contribution in [0.4, 0.5) is 0 Å². The van der Waals surface area contributed by atoms with Crippen LogP contribution in [0.25, 0.3) is 0 Å². The van der Waals surface area contributed by atoms with E-state index in [1.807, 2.05) is 13.8 Å². The molecule has 246 valence electrons. The molecule has 0 spiro atoms. The molecule has 0 N–H and O–H groups in total. The summed E-state index contributed by atoms with van der Waals surface area (Å²) in [4.78, 5) is 0. The molecule has 8 atom stereocenters. The van der Waals surface area contributed by atoms with Crippen LogP contribution < -0.4 is 0 Å². The van der Waals surface area contributed by atoms with E-state index in [1.54, 1.807) is 0 Å². The predicted octanol–water partition coefficient (Wildman–Crippen LogP) is 9.86. The first-order valence-electron chi connectivity index (χ1n) is 17.5. The van der Waals surface area contributed by atoms with Crippen molar-refractivity contribution in [3.05, 3.63) is 35.4 Å². The quantitative estimate of drug-likeness (QED) is 0.253. The maximum atomic E-state index is 5.68. The lowest BCUT2D eigenvalue weighted by Crippen LogP contribution is -2.21. The molecular formula is C37H68O5. The van der Waals surface area contributed by atoms with E-state index in [2.05, 4.69) is 93.5 Å². The fourth-order valence-corrected chi connectivity index (χ4v) is 5.54. The zero-order valence-corrected chi connectivity index (χ0v) is 29.5. The monoisotopic (exact) mass is 593 g/mol. The van der Waals surface area contributed by atoms with Crippen molar-refractivity contribution in [1.82, 2.24) is 0 Å². The number of ether oxygens (including phenoxy) is 5. The summed E-state index contributed by atoms with van der Waals surface area (Å²) in [5.41, 5.74) is 2.98. The van der Waals surface area contributed by atoms with Gasteiger partial charge in [-0.3, -0.25) is 0 Å². The summed E-state index contributed by atoms with van der Waals surface area (Å²) in [5, 5.41) is 0. The van der Waals surface area contributed by atoms with Gasteiger partial charge in [0.25, 0.3) is 0 Å². The van der Waals surface area contributed by atoms with Gasteiger partial charge in [0, 0.05) is 0 Å². The molecule has 5 heteroatoms. The SMILES string of the molecule is CCC1OC(C)(C)OC1CC.CCC1OC1CC.CC[C@@H]1O[C@@H]1CC.CC[C@@H]1O[C@H]1CC.CCc1ccccc1CC. The van der Waals surface area contributed by atoms with Crippen molar-refractivity contribution < 1.29 is 23.7 Å². The third kappa shape index (κ3) is 14.7. The Morgan fingerprint density at radius 3 is 0.833 bits per heavy atom. The molecule has 4 unspecified atom stereocenters. The smallest absolute Gasteiger partial charge is 0.163 e. The average Bonchev–Trinajstić information content (AvgIpc) is 3.93. The van der Waals surface area contributed by atoms with Gasteiger partial charge in [0.05, 0.1) is 48.8 Å². The minimum atomic E-state index is -0.360. The van der Waals surface area contributed by atoms with E-state index in [0.717, 1.165) is 25.7 Å². The first-order valence-corrected chi connectivity index (χ1v) is 17.5. The summed E-state index contributed by atoms with van der Waals surface area (Å²) < 4.78 is 27.0. The Bertz CT molecular complexity index is 707. The predicted molar refractivity (Wildman–Crippen MR) is 177 cm³/mol. The van der Waals surface area contributed by atoms with Gasteiger partial charge in [-0.05, 0) is 89.2 Å². The molecule has 1 aromatic rings. The Hall–Kier alpha value is -0.980. The Balaban J connectivity index is 0.000000266. The molecule has 42 heavy (non-hydrogen) atoms. The van der Waals surface area contributed by atoms with Crippen molar-refractivity contribution in [1.29, 1.82) is 0 Å². The van der Waals surface area contributed by atoms with E-state index in [1.165, 1.54) is 49.7 Å². The van der Waals surface area contributed by atoms with Gasteiger partial charge >= 0.3 is 0 Å². The van der Waals surface area contributed by atoms with E-state index < -0.39 is 0 Å². The van der Waals surface area contributed by atoms with Crippen molar-refractivity contribution in [3.63, 3.8) is 0 Å². The highest BCUT2D eigenvalue weighted by molar-refractivity contribution is 5.26. The first-order chi connectivity index (χ1) is 20.1. The van der Waals surface area contributed by atoms with Crippen LogP contribution in [0.5, 0.6) is 0 Å². The summed E-state index contributed by atoms with van der Waals surface area (Å²) in [7, 11) is 0. The highest BCUT2D eigenvalue weighted by Gasteiger charge is 2.39. The van der Waals surface area contributed by atoms with Crippen molar-refractivity contribution in [2.24, 2.45) is 0 Å². The molecule has 0 radical (unpaired) electrons. The van der Waals surface area contributed by atoms with Crippen molar-refractivity contribution in [2.75, 3.05) is 0 Å². The molecular weight excluding hydrogens is 524 g/mol. The fourth-order valence-electron chi connectivity index (χ4n) is 5.54. The van der Waals surface area contributed by atoms with Gasteiger partial charge in [-0.15, -0.1) is 0 Å². The van der Waals surface area contributed by atoms with Crippen LogP contribution in [-0.4, -0.2) is 54.6 Å². The molecule has 0 bridgehead atoms. The second kappa shape index (κ2) is 20.9. The highest BCUT2D eigenvalue weighted by Crippen LogP contribution is 2.31. The average molecular weight is 593 g/mol. The van der Waals surface area contributed by atoms with E-state index in [4.69, 9.17) is 23.7 Å². The van der Waals surface area contributed by atoms with E-state index in [9.17, 15) is 0 Å². The number of hydrogen-bond acceptors (Lipinski definition) is 5. The van der Waals surface area contributed by atoms with Gasteiger partial charge in [0.2, 0.25) is 0 Å². The lowest BCUT2D eigenvalue weighted by atomic mass is 10.0. The fraction of sp³-hybridized carbons (Fsp3) is 0.838. The summed E-state index contributed by atoms with van der Waals surface area (Å²) >= 11 is 0. The van der Waals surface area contributed by atoms with E-state index in [-0.39, 0.29) is 5.79 Å². The standard InChI is InChI=1S/C10H14.C9H18O2.3C6H12O/c1-3-9-7-5-6-8-10(9)4-2;1-5-7-8(6-2)11-9(3,4)10-7;3*1-3-5-6(4-2)7-5/h5-8H,3-4H2,1-2H3;7-8H,5-6H2,1-4H3;3*5-6H,3-4H2,1-2H3/t;;5-,6+;5-,6-;/m...0./s1. The summed E-state index contributed by atoms with van der Waals surface area (Å²) in [5.74, 6) is -0.360. The number of benzene rings is 1. The number of aryl methyl sites for hydroxylation is 2. The van der Waals surface area contributed by atoms with Gasteiger partial charge in [0.15, 0.2) is 5.79 Å². The molecule has 4 aliphatic heterocycles. The second-order valence-electron chi connectivity index (χ2n) is 12.1. The molecule has 0 aromatic heterocycles. The van der Waals surface area contributed by atoms with E-state index >= 15 is 0 Å². The van der Waals surface area contributed by atoms with Crippen LogP contribution in [0.1, 0.15) is 146 Å². The molecule has 4 aliphatic rings. The molecule has 1 aromatic carbocycles. The van der Waals surface area contributed by atoms with Gasteiger partial charge in [0.1, 0.15) is 0 Å². The van der Waals surface area contributed by atoms with Crippen molar-refractivity contribution >= 4 is 0 Å². The van der Waals surface area contributed by atoms with Crippen LogP contribution >= 0.6 is 0 Å². The first kappa shape index (κ1) is 39.0. The Morgan fingerprint density at radius 1 is 0.429 bits per heavy atom. The lowest BCUT2D eigenvalue weighted by molar-refractivity contribution is -0.146. The van der Waals surface area contributed by atoms with Crippen LogP contribution in [0.3, 0.4) is 0 Å². The topological polar surface area (TPSA) is 56.1 Å². The molecule has 4 fully saturated rings. The van der Waals surface area contributed by atoms with Gasteiger partial charge in [-0.1, -0.05) is 93.5 Å². The van der Waals surface area contributed by atoms with Crippen LogP contribution in [0, 0.1) is 0 Å². The van der Waals surface area contributed by atoms with Gasteiger partial charge in [-0.2, -0.15) is 0 Å². The third-order valence-electron chi connectivity index (χ3n) is 8.45. The molecule has 0 saturated carbocycles. The largest absolute Gasteiger partial charge is 0.370 e.